The standard InChI is InChI=1S/C21H23ClO5/c1-6-12(2)9-13(3)7-8-15-10-16-17(11-26-15)19(24)21(5,27-14(4)23)20(25)18(16)22/h7-12H,6H2,1-5H3/b8-7-,13-9+. The Balaban J connectivity index is 2.36. The molecule has 2 unspecified atom stereocenters. The maximum Gasteiger partial charge on any atom is 0.304 e. The number of halogens is 1. The molecule has 1 aliphatic heterocycles. The zero-order valence-corrected chi connectivity index (χ0v) is 16.8. The molecule has 1 aliphatic carbocycles. The van der Waals surface area contributed by atoms with Gasteiger partial charge in [-0.15, -0.1) is 0 Å². The Labute approximate surface area is 164 Å². The quantitative estimate of drug-likeness (QED) is 0.397. The summed E-state index contributed by atoms with van der Waals surface area (Å²) in [5, 5.41) is -0.161. The molecule has 2 rings (SSSR count). The lowest BCUT2D eigenvalue weighted by molar-refractivity contribution is -0.167. The summed E-state index contributed by atoms with van der Waals surface area (Å²) in [6.07, 6.45) is 9.60. The molecule has 1 heterocycles. The summed E-state index contributed by atoms with van der Waals surface area (Å²) in [6, 6.07) is 0. The number of ether oxygens (including phenoxy) is 2. The Morgan fingerprint density at radius 1 is 1.33 bits per heavy atom. The van der Waals surface area contributed by atoms with E-state index in [1.54, 1.807) is 6.08 Å². The summed E-state index contributed by atoms with van der Waals surface area (Å²) in [7, 11) is 0. The molecule has 0 saturated heterocycles. The van der Waals surface area contributed by atoms with Crippen LogP contribution in [0.2, 0.25) is 0 Å². The Hall–Kier alpha value is -2.40. The van der Waals surface area contributed by atoms with Crippen LogP contribution in [0.3, 0.4) is 0 Å². The molecule has 0 aromatic rings. The molecule has 0 saturated carbocycles. The molecule has 144 valence electrons. The number of ketones is 2. The molecular formula is C21H23ClO5. The monoisotopic (exact) mass is 390 g/mol. The average molecular weight is 391 g/mol. The van der Waals surface area contributed by atoms with E-state index in [-0.39, 0.29) is 16.2 Å². The van der Waals surface area contributed by atoms with Crippen molar-refractivity contribution in [3.63, 3.8) is 0 Å². The summed E-state index contributed by atoms with van der Waals surface area (Å²) in [5.74, 6) is -1.24. The van der Waals surface area contributed by atoms with Gasteiger partial charge in [0.2, 0.25) is 17.2 Å². The first-order chi connectivity index (χ1) is 12.6. The zero-order chi connectivity index (χ0) is 20.4. The van der Waals surface area contributed by atoms with Crippen LogP contribution in [0.15, 0.2) is 58.1 Å². The van der Waals surface area contributed by atoms with Crippen molar-refractivity contribution in [1.29, 1.82) is 0 Å². The van der Waals surface area contributed by atoms with E-state index >= 15 is 0 Å². The molecule has 0 aromatic heterocycles. The number of fused-ring (bicyclic) bond motifs is 1. The molecule has 5 nitrogen and oxygen atoms in total. The van der Waals surface area contributed by atoms with E-state index in [0.29, 0.717) is 11.7 Å². The lowest BCUT2D eigenvalue weighted by atomic mass is 9.80. The summed E-state index contributed by atoms with van der Waals surface area (Å²) in [4.78, 5) is 36.6. The van der Waals surface area contributed by atoms with Gasteiger partial charge in [0.15, 0.2) is 0 Å². The van der Waals surface area contributed by atoms with Crippen LogP contribution in [0.25, 0.3) is 0 Å². The highest BCUT2D eigenvalue weighted by Gasteiger charge is 2.52. The van der Waals surface area contributed by atoms with Crippen molar-refractivity contribution < 1.29 is 23.9 Å². The molecule has 27 heavy (non-hydrogen) atoms. The summed E-state index contributed by atoms with van der Waals surface area (Å²) >= 11 is 6.20. The normalized spacial score (nSPS) is 24.3. The SMILES string of the molecule is CCC(C)/C=C(C)/C=C\C1=CC2=C(Cl)C(=O)C(C)(OC(C)=O)C(=O)C2=CO1. The van der Waals surface area contributed by atoms with Crippen LogP contribution in [0.4, 0.5) is 0 Å². The molecule has 0 bridgehead atoms. The number of Topliss-reactive ketones (excluding diaryl/α,β-unsaturated/α-hetero) is 2. The molecule has 6 heteroatoms. The van der Waals surface area contributed by atoms with Gasteiger partial charge in [-0.05, 0) is 31.9 Å². The minimum atomic E-state index is -1.97. The number of carbonyl (C=O) groups is 3. The van der Waals surface area contributed by atoms with E-state index in [4.69, 9.17) is 21.1 Å². The Morgan fingerprint density at radius 2 is 2.00 bits per heavy atom. The fraction of sp³-hybridized carbons (Fsp3) is 0.381. The van der Waals surface area contributed by atoms with E-state index in [1.165, 1.54) is 19.3 Å². The minimum Gasteiger partial charge on any atom is -0.464 e. The van der Waals surface area contributed by atoms with Gasteiger partial charge in [-0.1, -0.05) is 49.6 Å². The number of hydrogen-bond donors (Lipinski definition) is 0. The lowest BCUT2D eigenvalue weighted by Gasteiger charge is -2.32. The second-order valence-electron chi connectivity index (χ2n) is 6.84. The van der Waals surface area contributed by atoms with Crippen LogP contribution in [0.1, 0.15) is 41.0 Å². The van der Waals surface area contributed by atoms with Crippen molar-refractivity contribution in [3.8, 4) is 0 Å². The molecule has 2 atom stereocenters. The first-order valence-corrected chi connectivity index (χ1v) is 9.12. The molecule has 0 spiro atoms. The number of esters is 1. The highest BCUT2D eigenvalue weighted by atomic mass is 35.5. The van der Waals surface area contributed by atoms with Gasteiger partial charge in [0.1, 0.15) is 12.0 Å². The van der Waals surface area contributed by atoms with Crippen molar-refractivity contribution >= 4 is 29.1 Å². The highest BCUT2D eigenvalue weighted by Crippen LogP contribution is 2.38. The zero-order valence-electron chi connectivity index (χ0n) is 16.1. The number of carbonyl (C=O) groups excluding carboxylic acids is 3. The van der Waals surface area contributed by atoms with E-state index in [9.17, 15) is 14.4 Å². The van der Waals surface area contributed by atoms with Crippen molar-refractivity contribution in [1.82, 2.24) is 0 Å². The van der Waals surface area contributed by atoms with Gasteiger partial charge in [0.05, 0.1) is 10.6 Å². The van der Waals surface area contributed by atoms with Crippen LogP contribution in [0, 0.1) is 5.92 Å². The van der Waals surface area contributed by atoms with Gasteiger partial charge < -0.3 is 9.47 Å². The van der Waals surface area contributed by atoms with Crippen LogP contribution in [-0.2, 0) is 23.9 Å². The smallest absolute Gasteiger partial charge is 0.304 e. The van der Waals surface area contributed by atoms with Crippen LogP contribution < -0.4 is 0 Å². The first kappa shape index (κ1) is 20.9. The van der Waals surface area contributed by atoms with Gasteiger partial charge in [0.25, 0.3) is 0 Å². The predicted octanol–water partition coefficient (Wildman–Crippen LogP) is 4.30. The maximum absolute atomic E-state index is 12.7. The third-order valence-electron chi connectivity index (χ3n) is 4.49. The van der Waals surface area contributed by atoms with Crippen molar-refractivity contribution in [2.75, 3.05) is 0 Å². The van der Waals surface area contributed by atoms with Gasteiger partial charge in [0, 0.05) is 12.5 Å². The predicted molar refractivity (Wildman–Crippen MR) is 103 cm³/mol. The molecular weight excluding hydrogens is 368 g/mol. The van der Waals surface area contributed by atoms with Gasteiger partial charge in [-0.3, -0.25) is 14.4 Å². The van der Waals surface area contributed by atoms with Crippen LogP contribution in [-0.4, -0.2) is 23.1 Å². The van der Waals surface area contributed by atoms with Crippen LogP contribution >= 0.6 is 11.6 Å². The number of hydrogen-bond acceptors (Lipinski definition) is 5. The van der Waals surface area contributed by atoms with Gasteiger partial charge >= 0.3 is 5.97 Å². The molecule has 0 radical (unpaired) electrons. The first-order valence-electron chi connectivity index (χ1n) is 8.74. The van der Waals surface area contributed by atoms with E-state index in [1.807, 2.05) is 13.0 Å². The molecule has 0 aromatic carbocycles. The molecule has 0 N–H and O–H groups in total. The lowest BCUT2D eigenvalue weighted by Crippen LogP contribution is -2.51. The van der Waals surface area contributed by atoms with E-state index in [0.717, 1.165) is 18.9 Å². The van der Waals surface area contributed by atoms with Gasteiger partial charge in [-0.25, -0.2) is 0 Å². The topological polar surface area (TPSA) is 69.7 Å². The van der Waals surface area contributed by atoms with E-state index < -0.39 is 23.1 Å². The summed E-state index contributed by atoms with van der Waals surface area (Å²) in [6.45, 7) is 8.60. The maximum atomic E-state index is 12.7. The van der Waals surface area contributed by atoms with Crippen molar-refractivity contribution in [2.45, 2.75) is 46.6 Å². The minimum absolute atomic E-state index is 0.104. The van der Waals surface area contributed by atoms with Gasteiger partial charge in [-0.2, -0.15) is 0 Å². The second kappa shape index (κ2) is 8.09. The second-order valence-corrected chi connectivity index (χ2v) is 7.22. The number of allylic oxidation sites excluding steroid dienone is 6. The Morgan fingerprint density at radius 3 is 2.59 bits per heavy atom. The third kappa shape index (κ3) is 4.30. The highest BCUT2D eigenvalue weighted by molar-refractivity contribution is 6.49. The Bertz CT molecular complexity index is 841. The third-order valence-corrected chi connectivity index (χ3v) is 4.86. The summed E-state index contributed by atoms with van der Waals surface area (Å²) in [5.41, 5.74) is -0.529. The Kier molecular flexibility index (Phi) is 6.26. The molecule has 0 amide bonds. The van der Waals surface area contributed by atoms with Crippen molar-refractivity contribution in [3.05, 3.63) is 58.1 Å². The molecule has 2 aliphatic rings. The number of rotatable bonds is 5. The van der Waals surface area contributed by atoms with Crippen molar-refractivity contribution in [2.24, 2.45) is 5.92 Å². The summed E-state index contributed by atoms with van der Waals surface area (Å²) < 4.78 is 10.5. The largest absolute Gasteiger partial charge is 0.464 e. The average Bonchev–Trinajstić information content (AvgIpc) is 2.62. The fourth-order valence-corrected chi connectivity index (χ4v) is 3.13. The molecule has 0 fully saturated rings. The van der Waals surface area contributed by atoms with E-state index in [2.05, 4.69) is 19.9 Å². The fourth-order valence-electron chi connectivity index (χ4n) is 2.80. The van der Waals surface area contributed by atoms with Crippen LogP contribution in [0.5, 0.6) is 0 Å².